The Morgan fingerprint density at radius 3 is 2.24 bits per heavy atom. The van der Waals surface area contributed by atoms with Crippen LogP contribution in [0.25, 0.3) is 0 Å². The number of para-hydroxylation sites is 1. The molecule has 2 aromatic rings. The molecule has 3 heteroatoms. The molecular formula is C18H19FO2. The SMILES string of the molecule is CC(Oc1ccccc1C(C)C)C(=O)c1ccc(F)cc1. The first-order valence-corrected chi connectivity index (χ1v) is 7.04. The molecule has 0 amide bonds. The number of ether oxygens (including phenoxy) is 1. The molecule has 0 aromatic heterocycles. The summed E-state index contributed by atoms with van der Waals surface area (Å²) in [7, 11) is 0. The van der Waals surface area contributed by atoms with E-state index in [1.165, 1.54) is 24.3 Å². The molecule has 0 N–H and O–H groups in total. The Balaban J connectivity index is 2.16. The van der Waals surface area contributed by atoms with Crippen LogP contribution in [-0.2, 0) is 0 Å². The van der Waals surface area contributed by atoms with E-state index in [0.717, 1.165) is 11.3 Å². The molecule has 0 bridgehead atoms. The summed E-state index contributed by atoms with van der Waals surface area (Å²) in [5, 5.41) is 0. The maximum Gasteiger partial charge on any atom is 0.202 e. The highest BCUT2D eigenvalue weighted by atomic mass is 19.1. The van der Waals surface area contributed by atoms with E-state index in [1.54, 1.807) is 6.92 Å². The molecule has 21 heavy (non-hydrogen) atoms. The van der Waals surface area contributed by atoms with E-state index in [9.17, 15) is 9.18 Å². The van der Waals surface area contributed by atoms with Gasteiger partial charge in [0, 0.05) is 5.56 Å². The fourth-order valence-corrected chi connectivity index (χ4v) is 2.16. The highest BCUT2D eigenvalue weighted by Gasteiger charge is 2.18. The van der Waals surface area contributed by atoms with Crippen LogP contribution in [0.15, 0.2) is 48.5 Å². The van der Waals surface area contributed by atoms with Gasteiger partial charge in [0.05, 0.1) is 0 Å². The van der Waals surface area contributed by atoms with E-state index in [2.05, 4.69) is 13.8 Å². The number of hydrogen-bond acceptors (Lipinski definition) is 2. The summed E-state index contributed by atoms with van der Waals surface area (Å²) in [6.07, 6.45) is -0.615. The fourth-order valence-electron chi connectivity index (χ4n) is 2.16. The Morgan fingerprint density at radius 2 is 1.62 bits per heavy atom. The molecule has 0 fully saturated rings. The monoisotopic (exact) mass is 286 g/mol. The van der Waals surface area contributed by atoms with Crippen molar-refractivity contribution in [1.29, 1.82) is 0 Å². The minimum absolute atomic E-state index is 0.159. The largest absolute Gasteiger partial charge is 0.482 e. The molecule has 2 rings (SSSR count). The van der Waals surface area contributed by atoms with Gasteiger partial charge in [-0.25, -0.2) is 4.39 Å². The van der Waals surface area contributed by atoms with Crippen molar-refractivity contribution in [3.05, 3.63) is 65.5 Å². The maximum atomic E-state index is 12.9. The van der Waals surface area contributed by atoms with Gasteiger partial charge in [-0.1, -0.05) is 32.0 Å². The van der Waals surface area contributed by atoms with Crippen LogP contribution >= 0.6 is 0 Å². The molecule has 0 aliphatic rings. The minimum atomic E-state index is -0.615. The Bertz CT molecular complexity index is 617. The Labute approximate surface area is 124 Å². The van der Waals surface area contributed by atoms with E-state index in [0.29, 0.717) is 11.5 Å². The third-order valence-electron chi connectivity index (χ3n) is 3.34. The number of carbonyl (C=O) groups is 1. The van der Waals surface area contributed by atoms with Crippen molar-refractivity contribution in [2.75, 3.05) is 0 Å². The van der Waals surface area contributed by atoms with Crippen molar-refractivity contribution in [3.8, 4) is 5.75 Å². The molecule has 0 aliphatic carbocycles. The predicted octanol–water partition coefficient (Wildman–Crippen LogP) is 4.60. The second-order valence-corrected chi connectivity index (χ2v) is 5.32. The van der Waals surface area contributed by atoms with Crippen molar-refractivity contribution < 1.29 is 13.9 Å². The average molecular weight is 286 g/mol. The number of Topliss-reactive ketones (excluding diaryl/α,β-unsaturated/α-hetero) is 1. The second-order valence-electron chi connectivity index (χ2n) is 5.32. The third kappa shape index (κ3) is 3.69. The summed E-state index contributed by atoms with van der Waals surface area (Å²) in [6.45, 7) is 5.87. The first kappa shape index (κ1) is 15.2. The number of hydrogen-bond donors (Lipinski definition) is 0. The second kappa shape index (κ2) is 6.53. The number of carbonyl (C=O) groups excluding carboxylic acids is 1. The molecule has 0 spiro atoms. The minimum Gasteiger partial charge on any atom is -0.482 e. The third-order valence-corrected chi connectivity index (χ3v) is 3.34. The molecule has 0 radical (unpaired) electrons. The quantitative estimate of drug-likeness (QED) is 0.751. The van der Waals surface area contributed by atoms with Crippen molar-refractivity contribution in [2.45, 2.75) is 32.8 Å². The van der Waals surface area contributed by atoms with Gasteiger partial charge in [-0.3, -0.25) is 4.79 Å². The zero-order valence-corrected chi connectivity index (χ0v) is 12.5. The van der Waals surface area contributed by atoms with Gasteiger partial charge in [0.25, 0.3) is 0 Å². The van der Waals surface area contributed by atoms with Gasteiger partial charge in [0.2, 0.25) is 5.78 Å². The first-order valence-electron chi connectivity index (χ1n) is 7.04. The van der Waals surface area contributed by atoms with Crippen LogP contribution in [0.5, 0.6) is 5.75 Å². The lowest BCUT2D eigenvalue weighted by Gasteiger charge is -2.18. The molecule has 1 atom stereocenters. The Morgan fingerprint density at radius 1 is 1.00 bits per heavy atom. The van der Waals surface area contributed by atoms with Gasteiger partial charge in [0.1, 0.15) is 11.6 Å². The van der Waals surface area contributed by atoms with Crippen molar-refractivity contribution >= 4 is 5.78 Å². The highest BCUT2D eigenvalue weighted by molar-refractivity contribution is 5.99. The molecule has 0 saturated carbocycles. The van der Waals surface area contributed by atoms with E-state index in [-0.39, 0.29) is 11.6 Å². The van der Waals surface area contributed by atoms with Crippen molar-refractivity contribution in [1.82, 2.24) is 0 Å². The summed E-state index contributed by atoms with van der Waals surface area (Å²) < 4.78 is 18.7. The zero-order valence-electron chi connectivity index (χ0n) is 12.5. The molecule has 2 nitrogen and oxygen atoms in total. The van der Waals surface area contributed by atoms with Gasteiger partial charge in [-0.15, -0.1) is 0 Å². The standard InChI is InChI=1S/C18H19FO2/c1-12(2)16-6-4-5-7-17(16)21-13(3)18(20)14-8-10-15(19)11-9-14/h4-13H,1-3H3. The number of ketones is 1. The normalized spacial score (nSPS) is 12.2. The van der Waals surface area contributed by atoms with Crippen molar-refractivity contribution in [2.24, 2.45) is 0 Å². The van der Waals surface area contributed by atoms with Gasteiger partial charge in [0.15, 0.2) is 6.10 Å². The van der Waals surface area contributed by atoms with Gasteiger partial charge >= 0.3 is 0 Å². The van der Waals surface area contributed by atoms with Crippen LogP contribution < -0.4 is 4.74 Å². The molecular weight excluding hydrogens is 267 g/mol. The van der Waals surface area contributed by atoms with Crippen molar-refractivity contribution in [3.63, 3.8) is 0 Å². The summed E-state index contributed by atoms with van der Waals surface area (Å²) >= 11 is 0. The lowest BCUT2D eigenvalue weighted by Crippen LogP contribution is -2.24. The smallest absolute Gasteiger partial charge is 0.202 e. The van der Waals surface area contributed by atoms with E-state index in [1.807, 2.05) is 24.3 Å². The Kier molecular flexibility index (Phi) is 4.73. The molecule has 0 saturated heterocycles. The van der Waals surface area contributed by atoms with Crippen LogP contribution in [-0.4, -0.2) is 11.9 Å². The number of halogens is 1. The Hall–Kier alpha value is -2.16. The molecule has 0 heterocycles. The van der Waals surface area contributed by atoms with E-state index < -0.39 is 6.10 Å². The molecule has 0 aliphatic heterocycles. The van der Waals surface area contributed by atoms with Crippen LogP contribution in [0.4, 0.5) is 4.39 Å². The van der Waals surface area contributed by atoms with Crippen LogP contribution in [0.1, 0.15) is 42.6 Å². The summed E-state index contributed by atoms with van der Waals surface area (Å²) in [5.41, 5.74) is 1.52. The molecule has 1 unspecified atom stereocenters. The van der Waals surface area contributed by atoms with E-state index >= 15 is 0 Å². The number of rotatable bonds is 5. The lowest BCUT2D eigenvalue weighted by atomic mass is 10.0. The fraction of sp³-hybridized carbons (Fsp3) is 0.278. The van der Waals surface area contributed by atoms with Gasteiger partial charge in [-0.05, 0) is 48.7 Å². The highest BCUT2D eigenvalue weighted by Crippen LogP contribution is 2.27. The maximum absolute atomic E-state index is 12.9. The van der Waals surface area contributed by atoms with Gasteiger partial charge < -0.3 is 4.74 Å². The predicted molar refractivity (Wildman–Crippen MR) is 81.4 cm³/mol. The lowest BCUT2D eigenvalue weighted by molar-refractivity contribution is 0.0816. The first-order chi connectivity index (χ1) is 9.99. The van der Waals surface area contributed by atoms with Crippen LogP contribution in [0.3, 0.4) is 0 Å². The van der Waals surface area contributed by atoms with E-state index in [4.69, 9.17) is 4.74 Å². The number of benzene rings is 2. The average Bonchev–Trinajstić information content (AvgIpc) is 2.47. The topological polar surface area (TPSA) is 26.3 Å². The zero-order chi connectivity index (χ0) is 15.4. The van der Waals surface area contributed by atoms with Gasteiger partial charge in [-0.2, -0.15) is 0 Å². The summed E-state index contributed by atoms with van der Waals surface area (Å²) in [5.74, 6) is 0.517. The molecule has 2 aromatic carbocycles. The summed E-state index contributed by atoms with van der Waals surface area (Å²) in [4.78, 5) is 12.3. The van der Waals surface area contributed by atoms with Crippen LogP contribution in [0.2, 0.25) is 0 Å². The summed E-state index contributed by atoms with van der Waals surface area (Å²) in [6, 6.07) is 13.2. The van der Waals surface area contributed by atoms with Crippen LogP contribution in [0, 0.1) is 5.82 Å². The molecule has 110 valence electrons.